The highest BCUT2D eigenvalue weighted by Gasteiger charge is 2.26. The van der Waals surface area contributed by atoms with Crippen LogP contribution >= 0.6 is 15.9 Å². The second-order valence-electron chi connectivity index (χ2n) is 5.91. The van der Waals surface area contributed by atoms with Gasteiger partial charge in [0.1, 0.15) is 5.75 Å². The molecule has 25 heavy (non-hydrogen) atoms. The summed E-state index contributed by atoms with van der Waals surface area (Å²) in [5.41, 5.74) is 3.36. The number of methoxy groups -OCH3 is 1. The topological polar surface area (TPSA) is 58.6 Å². The Labute approximate surface area is 155 Å². The van der Waals surface area contributed by atoms with E-state index >= 15 is 0 Å². The Kier molecular flexibility index (Phi) is 5.08. The number of hydrogen-bond donors (Lipinski definition) is 1. The van der Waals surface area contributed by atoms with Crippen molar-refractivity contribution in [2.75, 3.05) is 23.9 Å². The molecule has 0 saturated heterocycles. The summed E-state index contributed by atoms with van der Waals surface area (Å²) < 4.78 is 6.05. The van der Waals surface area contributed by atoms with E-state index in [1.54, 1.807) is 13.2 Å². The zero-order valence-electron chi connectivity index (χ0n) is 14.1. The highest BCUT2D eigenvalue weighted by Crippen LogP contribution is 2.37. The first-order valence-electron chi connectivity index (χ1n) is 8.02. The van der Waals surface area contributed by atoms with E-state index in [1.807, 2.05) is 30.3 Å². The molecule has 2 amide bonds. The third-order valence-electron chi connectivity index (χ3n) is 4.15. The van der Waals surface area contributed by atoms with E-state index in [1.165, 1.54) is 11.8 Å². The fourth-order valence-corrected chi connectivity index (χ4v) is 3.56. The molecule has 0 atom stereocenters. The number of carbonyl (C=O) groups is 2. The lowest BCUT2D eigenvalue weighted by molar-refractivity contribution is -0.125. The molecule has 0 saturated carbocycles. The number of nitrogens with zero attached hydrogens (tertiary/aromatic N) is 1. The molecule has 6 heteroatoms. The molecular weight excluding hydrogens is 384 g/mol. The van der Waals surface area contributed by atoms with Gasteiger partial charge in [0.15, 0.2) is 0 Å². The molecule has 130 valence electrons. The van der Waals surface area contributed by atoms with Crippen molar-refractivity contribution in [1.82, 2.24) is 0 Å². The van der Waals surface area contributed by atoms with Crippen molar-refractivity contribution >= 4 is 39.1 Å². The third-order valence-corrected chi connectivity index (χ3v) is 4.61. The van der Waals surface area contributed by atoms with Crippen LogP contribution in [0.2, 0.25) is 0 Å². The van der Waals surface area contributed by atoms with Crippen molar-refractivity contribution in [2.24, 2.45) is 0 Å². The number of nitrogens with one attached hydrogen (secondary N) is 1. The zero-order valence-corrected chi connectivity index (χ0v) is 15.7. The van der Waals surface area contributed by atoms with E-state index in [9.17, 15) is 9.59 Å². The first-order chi connectivity index (χ1) is 12.0. The highest BCUT2D eigenvalue weighted by molar-refractivity contribution is 9.10. The standard InChI is InChI=1S/C19H19BrN2O3/c1-12(23)22(17-11-15(20)10-14-6-7-21-19(14)17)18(24)9-13-4-3-5-16(8-13)25-2/h3-5,8,10-11,21H,6-7,9H2,1-2H3. The average molecular weight is 403 g/mol. The fraction of sp³-hybridized carbons (Fsp3) is 0.263. The molecule has 0 unspecified atom stereocenters. The van der Waals surface area contributed by atoms with Crippen LogP contribution in [0.3, 0.4) is 0 Å². The third kappa shape index (κ3) is 3.69. The minimum atomic E-state index is -0.304. The average Bonchev–Trinajstić information content (AvgIpc) is 3.03. The molecule has 0 aliphatic carbocycles. The Morgan fingerprint density at radius 1 is 1.28 bits per heavy atom. The summed E-state index contributed by atoms with van der Waals surface area (Å²) in [6.07, 6.45) is 0.996. The predicted octanol–water partition coefficient (Wildman–Crippen LogP) is 3.55. The van der Waals surface area contributed by atoms with Crippen molar-refractivity contribution < 1.29 is 14.3 Å². The summed E-state index contributed by atoms with van der Waals surface area (Å²) >= 11 is 3.47. The van der Waals surface area contributed by atoms with E-state index < -0.39 is 0 Å². The normalized spacial score (nSPS) is 12.3. The highest BCUT2D eigenvalue weighted by atomic mass is 79.9. The second-order valence-corrected chi connectivity index (χ2v) is 6.83. The van der Waals surface area contributed by atoms with Gasteiger partial charge in [-0.15, -0.1) is 0 Å². The van der Waals surface area contributed by atoms with E-state index in [4.69, 9.17) is 4.74 Å². The van der Waals surface area contributed by atoms with Gasteiger partial charge < -0.3 is 10.1 Å². The summed E-state index contributed by atoms with van der Waals surface area (Å²) in [4.78, 5) is 26.4. The summed E-state index contributed by atoms with van der Waals surface area (Å²) in [5.74, 6) is 0.112. The molecule has 0 fully saturated rings. The molecule has 2 aromatic carbocycles. The van der Waals surface area contributed by atoms with Gasteiger partial charge in [-0.05, 0) is 41.8 Å². The van der Waals surface area contributed by atoms with Gasteiger partial charge in [0.25, 0.3) is 0 Å². The fourth-order valence-electron chi connectivity index (χ4n) is 3.06. The number of benzene rings is 2. The number of anilines is 2. The molecule has 3 rings (SSSR count). The molecule has 0 bridgehead atoms. The lowest BCUT2D eigenvalue weighted by atomic mass is 10.1. The van der Waals surface area contributed by atoms with E-state index in [0.29, 0.717) is 11.4 Å². The van der Waals surface area contributed by atoms with Crippen molar-refractivity contribution in [3.05, 3.63) is 52.0 Å². The van der Waals surface area contributed by atoms with E-state index in [2.05, 4.69) is 21.2 Å². The first-order valence-corrected chi connectivity index (χ1v) is 8.81. The van der Waals surface area contributed by atoms with Crippen LogP contribution in [-0.2, 0) is 22.4 Å². The molecular formula is C19H19BrN2O3. The molecule has 0 radical (unpaired) electrons. The summed E-state index contributed by atoms with van der Waals surface area (Å²) in [5, 5.41) is 3.28. The molecule has 1 aliphatic rings. The number of amides is 2. The number of rotatable bonds is 4. The SMILES string of the molecule is COc1cccc(CC(=O)N(C(C)=O)c2cc(Br)cc3c2NCC3)c1. The van der Waals surface area contributed by atoms with Crippen LogP contribution in [0.5, 0.6) is 5.75 Å². The number of fused-ring (bicyclic) bond motifs is 1. The summed E-state index contributed by atoms with van der Waals surface area (Å²) in [6.45, 7) is 2.21. The van der Waals surface area contributed by atoms with Gasteiger partial charge in [-0.3, -0.25) is 9.59 Å². The summed E-state index contributed by atoms with van der Waals surface area (Å²) in [7, 11) is 1.58. The van der Waals surface area contributed by atoms with E-state index in [0.717, 1.165) is 34.3 Å². The van der Waals surface area contributed by atoms with E-state index in [-0.39, 0.29) is 18.2 Å². The van der Waals surface area contributed by atoms with Gasteiger partial charge in [0.2, 0.25) is 11.8 Å². The summed E-state index contributed by atoms with van der Waals surface area (Å²) in [6, 6.07) is 11.1. The van der Waals surface area contributed by atoms with Crippen LogP contribution in [0.4, 0.5) is 11.4 Å². The number of ether oxygens (including phenoxy) is 1. The van der Waals surface area contributed by atoms with Crippen molar-refractivity contribution in [3.8, 4) is 5.75 Å². The van der Waals surface area contributed by atoms with Crippen LogP contribution in [0.15, 0.2) is 40.9 Å². The van der Waals surface area contributed by atoms with Crippen LogP contribution in [0.25, 0.3) is 0 Å². The molecule has 1 heterocycles. The molecule has 5 nitrogen and oxygen atoms in total. The van der Waals surface area contributed by atoms with Crippen molar-refractivity contribution in [2.45, 2.75) is 19.8 Å². The maximum absolute atomic E-state index is 12.9. The van der Waals surface area contributed by atoms with Gasteiger partial charge >= 0.3 is 0 Å². The van der Waals surface area contributed by atoms with Gasteiger partial charge in [-0.2, -0.15) is 0 Å². The first kappa shape index (κ1) is 17.5. The molecule has 2 aromatic rings. The number of hydrogen-bond acceptors (Lipinski definition) is 4. The maximum Gasteiger partial charge on any atom is 0.238 e. The Morgan fingerprint density at radius 2 is 2.08 bits per heavy atom. The molecule has 0 spiro atoms. The quantitative estimate of drug-likeness (QED) is 0.849. The Hall–Kier alpha value is -2.34. The van der Waals surface area contributed by atoms with Gasteiger partial charge in [-0.25, -0.2) is 4.90 Å². The van der Waals surface area contributed by atoms with Gasteiger partial charge in [0, 0.05) is 17.9 Å². The zero-order chi connectivity index (χ0) is 18.0. The number of halogens is 1. The van der Waals surface area contributed by atoms with Crippen LogP contribution in [-0.4, -0.2) is 25.5 Å². The molecule has 1 aliphatic heterocycles. The minimum Gasteiger partial charge on any atom is -0.497 e. The largest absolute Gasteiger partial charge is 0.497 e. The second kappa shape index (κ2) is 7.27. The number of imide groups is 1. The van der Waals surface area contributed by atoms with Crippen LogP contribution < -0.4 is 15.0 Å². The number of carbonyl (C=O) groups excluding carboxylic acids is 2. The lowest BCUT2D eigenvalue weighted by Crippen LogP contribution is -2.36. The molecule has 0 aromatic heterocycles. The smallest absolute Gasteiger partial charge is 0.238 e. The minimum absolute atomic E-state index is 0.123. The maximum atomic E-state index is 12.9. The monoisotopic (exact) mass is 402 g/mol. The Morgan fingerprint density at radius 3 is 2.80 bits per heavy atom. The van der Waals surface area contributed by atoms with Crippen LogP contribution in [0, 0.1) is 0 Å². The van der Waals surface area contributed by atoms with Crippen molar-refractivity contribution in [1.29, 1.82) is 0 Å². The Bertz CT molecular complexity index is 835. The predicted molar refractivity (Wildman–Crippen MR) is 101 cm³/mol. The van der Waals surface area contributed by atoms with Crippen molar-refractivity contribution in [3.63, 3.8) is 0 Å². The Balaban J connectivity index is 1.94. The molecule has 1 N–H and O–H groups in total. The van der Waals surface area contributed by atoms with Gasteiger partial charge in [0.05, 0.1) is 24.9 Å². The van der Waals surface area contributed by atoms with Crippen LogP contribution in [0.1, 0.15) is 18.1 Å². The van der Waals surface area contributed by atoms with Gasteiger partial charge in [-0.1, -0.05) is 28.1 Å². The lowest BCUT2D eigenvalue weighted by Gasteiger charge is -2.22.